The van der Waals surface area contributed by atoms with Gasteiger partial charge in [0, 0.05) is 5.75 Å². The summed E-state index contributed by atoms with van der Waals surface area (Å²) in [4.78, 5) is 10.1. The molecule has 0 aliphatic rings. The average molecular weight is 153 g/mol. The van der Waals surface area contributed by atoms with E-state index in [1.54, 1.807) is 12.1 Å². The molecular formula is C7H7NOS. The Bertz CT molecular complexity index is 237. The van der Waals surface area contributed by atoms with Gasteiger partial charge in [0.2, 0.25) is 0 Å². The smallest absolute Gasteiger partial charge is 0.112 e. The van der Waals surface area contributed by atoms with Crippen molar-refractivity contribution in [2.75, 3.05) is 0 Å². The predicted octanol–water partition coefficient (Wildman–Crippen LogP) is 2.51. The summed E-state index contributed by atoms with van der Waals surface area (Å²) in [6.45, 7) is 0. The van der Waals surface area contributed by atoms with E-state index in [1.165, 1.54) is 0 Å². The minimum Gasteiger partial charge on any atom is -0.174 e. The van der Waals surface area contributed by atoms with E-state index in [1.807, 2.05) is 12.1 Å². The van der Waals surface area contributed by atoms with Crippen LogP contribution in [0.4, 0.5) is 5.69 Å². The van der Waals surface area contributed by atoms with Crippen LogP contribution in [0.2, 0.25) is 0 Å². The number of hydrogen-bond acceptors (Lipinski definition) is 3. The Morgan fingerprint density at radius 2 is 2.10 bits per heavy atom. The highest BCUT2D eigenvalue weighted by Gasteiger charge is 1.96. The average Bonchev–Trinajstić information content (AvgIpc) is 2.04. The molecule has 1 aromatic rings. The summed E-state index contributed by atoms with van der Waals surface area (Å²) < 4.78 is 0. The minimum absolute atomic E-state index is 0.484. The van der Waals surface area contributed by atoms with Crippen LogP contribution >= 0.6 is 12.6 Å². The Balaban J connectivity index is 3.08. The van der Waals surface area contributed by atoms with Gasteiger partial charge in [0.15, 0.2) is 0 Å². The summed E-state index contributed by atoms with van der Waals surface area (Å²) >= 11 is 4.03. The van der Waals surface area contributed by atoms with E-state index in [0.717, 1.165) is 5.56 Å². The van der Waals surface area contributed by atoms with Gasteiger partial charge in [-0.05, 0) is 16.8 Å². The summed E-state index contributed by atoms with van der Waals surface area (Å²) in [7, 11) is 0. The molecule has 1 aromatic carbocycles. The third-order valence-electron chi connectivity index (χ3n) is 1.26. The SMILES string of the molecule is O=Nc1ccccc1CS. The van der Waals surface area contributed by atoms with E-state index in [0.29, 0.717) is 11.4 Å². The van der Waals surface area contributed by atoms with Crippen molar-refractivity contribution in [2.45, 2.75) is 5.75 Å². The van der Waals surface area contributed by atoms with Crippen LogP contribution in [-0.4, -0.2) is 0 Å². The third kappa shape index (κ3) is 1.36. The van der Waals surface area contributed by atoms with Gasteiger partial charge in [-0.25, -0.2) is 0 Å². The van der Waals surface area contributed by atoms with Crippen LogP contribution in [0, 0.1) is 4.91 Å². The van der Waals surface area contributed by atoms with Gasteiger partial charge in [-0.3, -0.25) is 0 Å². The Kier molecular flexibility index (Phi) is 2.45. The van der Waals surface area contributed by atoms with Crippen LogP contribution in [0.15, 0.2) is 29.4 Å². The van der Waals surface area contributed by atoms with Gasteiger partial charge in [0.25, 0.3) is 0 Å². The highest BCUT2D eigenvalue weighted by Crippen LogP contribution is 2.18. The number of hydrogen-bond donors (Lipinski definition) is 1. The summed E-state index contributed by atoms with van der Waals surface area (Å²) in [5.74, 6) is 0.557. The molecule has 0 aliphatic heterocycles. The lowest BCUT2D eigenvalue weighted by atomic mass is 10.2. The quantitative estimate of drug-likeness (QED) is 0.513. The summed E-state index contributed by atoms with van der Waals surface area (Å²) in [6, 6.07) is 7.16. The van der Waals surface area contributed by atoms with E-state index in [2.05, 4.69) is 17.8 Å². The fourth-order valence-electron chi connectivity index (χ4n) is 0.734. The minimum atomic E-state index is 0.484. The number of thiol groups is 1. The molecule has 0 bridgehead atoms. The molecule has 52 valence electrons. The van der Waals surface area contributed by atoms with Crippen molar-refractivity contribution in [1.82, 2.24) is 0 Å². The Morgan fingerprint density at radius 1 is 1.40 bits per heavy atom. The van der Waals surface area contributed by atoms with E-state index in [-0.39, 0.29) is 0 Å². The molecule has 1 rings (SSSR count). The van der Waals surface area contributed by atoms with E-state index in [9.17, 15) is 4.91 Å². The van der Waals surface area contributed by atoms with Gasteiger partial charge >= 0.3 is 0 Å². The molecule has 0 atom stereocenters. The second-order valence-corrected chi connectivity index (χ2v) is 2.19. The molecule has 0 spiro atoms. The molecule has 0 fully saturated rings. The molecule has 0 unspecified atom stereocenters. The van der Waals surface area contributed by atoms with Gasteiger partial charge in [-0.1, -0.05) is 18.2 Å². The van der Waals surface area contributed by atoms with Crippen molar-refractivity contribution in [3.63, 3.8) is 0 Å². The van der Waals surface area contributed by atoms with Gasteiger partial charge < -0.3 is 0 Å². The Morgan fingerprint density at radius 3 is 2.60 bits per heavy atom. The van der Waals surface area contributed by atoms with Crippen LogP contribution in [0.3, 0.4) is 0 Å². The molecule has 2 nitrogen and oxygen atoms in total. The Labute approximate surface area is 64.6 Å². The number of nitrogens with zero attached hydrogens (tertiary/aromatic N) is 1. The maximum atomic E-state index is 10.1. The second kappa shape index (κ2) is 3.37. The zero-order chi connectivity index (χ0) is 7.40. The molecule has 0 N–H and O–H groups in total. The first-order valence-electron chi connectivity index (χ1n) is 2.90. The zero-order valence-corrected chi connectivity index (χ0v) is 6.21. The van der Waals surface area contributed by atoms with E-state index >= 15 is 0 Å². The lowest BCUT2D eigenvalue weighted by molar-refractivity contribution is 1.36. The van der Waals surface area contributed by atoms with Crippen molar-refractivity contribution in [1.29, 1.82) is 0 Å². The number of benzene rings is 1. The molecular weight excluding hydrogens is 146 g/mol. The first-order valence-corrected chi connectivity index (χ1v) is 3.54. The third-order valence-corrected chi connectivity index (χ3v) is 1.60. The molecule has 0 aromatic heterocycles. The Hall–Kier alpha value is -0.830. The molecule has 0 amide bonds. The summed E-state index contributed by atoms with van der Waals surface area (Å²) in [6.07, 6.45) is 0. The predicted molar refractivity (Wildman–Crippen MR) is 44.6 cm³/mol. The molecule has 0 aliphatic carbocycles. The van der Waals surface area contributed by atoms with Gasteiger partial charge in [0.1, 0.15) is 5.69 Å². The highest BCUT2D eigenvalue weighted by molar-refractivity contribution is 7.79. The lowest BCUT2D eigenvalue weighted by Gasteiger charge is -1.95. The maximum absolute atomic E-state index is 10.1. The highest BCUT2D eigenvalue weighted by atomic mass is 32.1. The lowest BCUT2D eigenvalue weighted by Crippen LogP contribution is -1.75. The number of nitroso groups, excluding NO2 is 1. The van der Waals surface area contributed by atoms with Crippen LogP contribution < -0.4 is 0 Å². The second-order valence-electron chi connectivity index (χ2n) is 1.88. The first kappa shape index (κ1) is 7.28. The van der Waals surface area contributed by atoms with Gasteiger partial charge in [-0.2, -0.15) is 12.6 Å². The molecule has 0 saturated carbocycles. The van der Waals surface area contributed by atoms with E-state index in [4.69, 9.17) is 0 Å². The van der Waals surface area contributed by atoms with Crippen LogP contribution in [0.25, 0.3) is 0 Å². The molecule has 3 heteroatoms. The van der Waals surface area contributed by atoms with Crippen LogP contribution in [-0.2, 0) is 5.75 Å². The van der Waals surface area contributed by atoms with Crippen LogP contribution in [0.1, 0.15) is 5.56 Å². The molecule has 0 saturated heterocycles. The van der Waals surface area contributed by atoms with Crippen molar-refractivity contribution in [3.05, 3.63) is 34.7 Å². The summed E-state index contributed by atoms with van der Waals surface area (Å²) in [5.41, 5.74) is 1.36. The fraction of sp³-hybridized carbons (Fsp3) is 0.143. The molecule has 10 heavy (non-hydrogen) atoms. The number of rotatable bonds is 2. The normalized spacial score (nSPS) is 9.30. The largest absolute Gasteiger partial charge is 0.174 e. The standard InChI is InChI=1S/C7H7NOS/c9-8-7-4-2-1-3-6(7)5-10/h1-4,10H,5H2. The molecule has 0 heterocycles. The topological polar surface area (TPSA) is 29.4 Å². The maximum Gasteiger partial charge on any atom is 0.112 e. The first-order chi connectivity index (χ1) is 4.88. The van der Waals surface area contributed by atoms with Crippen molar-refractivity contribution >= 4 is 18.3 Å². The van der Waals surface area contributed by atoms with Gasteiger partial charge in [0.05, 0.1) is 0 Å². The monoisotopic (exact) mass is 153 g/mol. The van der Waals surface area contributed by atoms with Crippen LogP contribution in [0.5, 0.6) is 0 Å². The molecule has 0 radical (unpaired) electrons. The van der Waals surface area contributed by atoms with Crippen molar-refractivity contribution in [2.24, 2.45) is 5.18 Å². The summed E-state index contributed by atoms with van der Waals surface area (Å²) in [5, 5.41) is 2.84. The van der Waals surface area contributed by atoms with Gasteiger partial charge in [-0.15, -0.1) is 4.91 Å². The fourth-order valence-corrected chi connectivity index (χ4v) is 1.00. The van der Waals surface area contributed by atoms with E-state index < -0.39 is 0 Å². The van der Waals surface area contributed by atoms with Crippen molar-refractivity contribution in [3.8, 4) is 0 Å². The zero-order valence-electron chi connectivity index (χ0n) is 5.32. The van der Waals surface area contributed by atoms with Crippen molar-refractivity contribution < 1.29 is 0 Å².